The lowest BCUT2D eigenvalue weighted by molar-refractivity contribution is 0.0298. The van der Waals surface area contributed by atoms with Crippen LogP contribution in [0.15, 0.2) is 0 Å². The molecule has 0 bridgehead atoms. The van der Waals surface area contributed by atoms with Crippen molar-refractivity contribution in [2.75, 3.05) is 13.1 Å². The molecule has 0 spiro atoms. The summed E-state index contributed by atoms with van der Waals surface area (Å²) in [6.45, 7) is 14.1. The molecule has 21 heavy (non-hydrogen) atoms. The maximum Gasteiger partial charge on any atom is 0.0860 e. The number of aromatic nitrogens is 2. The first-order valence-corrected chi connectivity index (χ1v) is 8.32. The number of hydrogen-bond donors (Lipinski definition) is 1. The highest BCUT2D eigenvalue weighted by Crippen LogP contribution is 2.29. The molecule has 5 heteroatoms. The number of nitrogens with zero attached hydrogens (tertiary/aromatic N) is 3. The molecule has 4 nitrogen and oxygen atoms in total. The van der Waals surface area contributed by atoms with Gasteiger partial charge in [-0.25, -0.2) is 0 Å². The average Bonchev–Trinajstić information content (AvgIpc) is 2.67. The summed E-state index contributed by atoms with van der Waals surface area (Å²) in [6, 6.07) is 0.540. The molecule has 0 radical (unpaired) electrons. The van der Waals surface area contributed by atoms with Crippen molar-refractivity contribution in [2.24, 2.45) is 13.0 Å². The molecule has 0 saturated carbocycles. The SMILES string of the molecule is CCC1(C)CNC(C(C)C)CN1Cc1c(Cl)c(C)nn1C. The Hall–Kier alpha value is -0.580. The minimum Gasteiger partial charge on any atom is -0.311 e. The van der Waals surface area contributed by atoms with E-state index in [1.807, 2.05) is 18.7 Å². The molecule has 2 rings (SSSR count). The number of rotatable bonds is 4. The normalized spacial score (nSPS) is 27.5. The van der Waals surface area contributed by atoms with Gasteiger partial charge in [0.05, 0.1) is 16.4 Å². The highest BCUT2D eigenvalue weighted by Gasteiger charge is 2.37. The molecule has 1 aromatic heterocycles. The van der Waals surface area contributed by atoms with Crippen molar-refractivity contribution in [1.29, 1.82) is 0 Å². The lowest BCUT2D eigenvalue weighted by atomic mass is 9.89. The van der Waals surface area contributed by atoms with E-state index in [0.717, 1.165) is 42.5 Å². The number of halogens is 1. The fourth-order valence-electron chi connectivity index (χ4n) is 3.07. The first-order chi connectivity index (χ1) is 9.78. The number of aryl methyl sites for hydroxylation is 2. The topological polar surface area (TPSA) is 33.1 Å². The Balaban J connectivity index is 2.24. The summed E-state index contributed by atoms with van der Waals surface area (Å²) in [5.74, 6) is 0.637. The van der Waals surface area contributed by atoms with E-state index in [2.05, 4.69) is 43.0 Å². The molecule has 1 fully saturated rings. The van der Waals surface area contributed by atoms with Crippen LogP contribution in [-0.4, -0.2) is 39.4 Å². The van der Waals surface area contributed by atoms with E-state index in [1.54, 1.807) is 0 Å². The molecule has 1 saturated heterocycles. The van der Waals surface area contributed by atoms with Gasteiger partial charge in [0.15, 0.2) is 0 Å². The van der Waals surface area contributed by atoms with Gasteiger partial charge in [-0.05, 0) is 26.2 Å². The van der Waals surface area contributed by atoms with Crippen LogP contribution in [0, 0.1) is 12.8 Å². The van der Waals surface area contributed by atoms with Crippen molar-refractivity contribution in [3.63, 3.8) is 0 Å². The van der Waals surface area contributed by atoms with Crippen LogP contribution < -0.4 is 5.32 Å². The van der Waals surface area contributed by atoms with Crippen LogP contribution in [0.5, 0.6) is 0 Å². The van der Waals surface area contributed by atoms with Gasteiger partial charge in [0.25, 0.3) is 0 Å². The Bertz CT molecular complexity index is 497. The van der Waals surface area contributed by atoms with E-state index < -0.39 is 0 Å². The monoisotopic (exact) mass is 312 g/mol. The summed E-state index contributed by atoms with van der Waals surface area (Å²) < 4.78 is 1.93. The van der Waals surface area contributed by atoms with Crippen molar-refractivity contribution < 1.29 is 0 Å². The molecule has 0 amide bonds. The summed E-state index contributed by atoms with van der Waals surface area (Å²) in [4.78, 5) is 2.58. The van der Waals surface area contributed by atoms with E-state index in [1.165, 1.54) is 0 Å². The van der Waals surface area contributed by atoms with Gasteiger partial charge in [-0.3, -0.25) is 9.58 Å². The van der Waals surface area contributed by atoms with Crippen molar-refractivity contribution in [3.05, 3.63) is 16.4 Å². The summed E-state index contributed by atoms with van der Waals surface area (Å²) in [7, 11) is 1.99. The van der Waals surface area contributed by atoms with Gasteiger partial charge in [0, 0.05) is 38.3 Å². The third-order valence-electron chi connectivity index (χ3n) is 5.09. The third-order valence-corrected chi connectivity index (χ3v) is 5.59. The molecule has 1 aliphatic heterocycles. The second-order valence-electron chi connectivity index (χ2n) is 6.93. The largest absolute Gasteiger partial charge is 0.311 e. The van der Waals surface area contributed by atoms with Crippen LogP contribution in [0.1, 0.15) is 45.5 Å². The van der Waals surface area contributed by atoms with Crippen LogP contribution in [0.25, 0.3) is 0 Å². The standard InChI is InChI=1S/C16H29ClN4/c1-7-16(5)10-18-13(11(2)3)8-21(16)9-14-15(17)12(4)19-20(14)6/h11,13,18H,7-10H2,1-6H3. The van der Waals surface area contributed by atoms with Crippen molar-refractivity contribution in [2.45, 2.75) is 59.2 Å². The molecule has 1 N–H and O–H groups in total. The summed E-state index contributed by atoms with van der Waals surface area (Å²) in [6.07, 6.45) is 1.12. The maximum atomic E-state index is 6.44. The van der Waals surface area contributed by atoms with Crippen LogP contribution in [-0.2, 0) is 13.6 Å². The molecule has 1 aliphatic rings. The summed E-state index contributed by atoms with van der Waals surface area (Å²) in [5.41, 5.74) is 2.22. The minimum absolute atomic E-state index is 0.174. The Morgan fingerprint density at radius 2 is 2.14 bits per heavy atom. The van der Waals surface area contributed by atoms with Crippen LogP contribution in [0.2, 0.25) is 5.02 Å². The molecular formula is C16H29ClN4. The van der Waals surface area contributed by atoms with Crippen LogP contribution in [0.3, 0.4) is 0 Å². The van der Waals surface area contributed by atoms with E-state index in [0.29, 0.717) is 12.0 Å². The van der Waals surface area contributed by atoms with Gasteiger partial charge < -0.3 is 5.32 Å². The lowest BCUT2D eigenvalue weighted by Crippen LogP contribution is -2.63. The smallest absolute Gasteiger partial charge is 0.0860 e. The van der Waals surface area contributed by atoms with Crippen LogP contribution >= 0.6 is 11.6 Å². The molecule has 0 aromatic carbocycles. The zero-order chi connectivity index (χ0) is 15.8. The van der Waals surface area contributed by atoms with E-state index in [-0.39, 0.29) is 5.54 Å². The zero-order valence-electron chi connectivity index (χ0n) is 14.2. The maximum absolute atomic E-state index is 6.44. The highest BCUT2D eigenvalue weighted by atomic mass is 35.5. The molecule has 1 aromatic rings. The molecule has 2 unspecified atom stereocenters. The van der Waals surface area contributed by atoms with Gasteiger partial charge in [-0.1, -0.05) is 32.4 Å². The Morgan fingerprint density at radius 1 is 1.48 bits per heavy atom. The minimum atomic E-state index is 0.174. The number of hydrogen-bond acceptors (Lipinski definition) is 3. The second kappa shape index (κ2) is 6.27. The Labute approximate surface area is 133 Å². The first kappa shape index (κ1) is 16.8. The van der Waals surface area contributed by atoms with Crippen LogP contribution in [0.4, 0.5) is 0 Å². The number of nitrogens with one attached hydrogen (secondary N) is 1. The van der Waals surface area contributed by atoms with Gasteiger partial charge >= 0.3 is 0 Å². The molecule has 120 valence electrons. The Kier molecular flexibility index (Phi) is 5.01. The predicted octanol–water partition coefficient (Wildman–Crippen LogP) is 2.98. The van der Waals surface area contributed by atoms with E-state index in [9.17, 15) is 0 Å². The van der Waals surface area contributed by atoms with Gasteiger partial charge in [-0.2, -0.15) is 5.10 Å². The van der Waals surface area contributed by atoms with Crippen molar-refractivity contribution >= 4 is 11.6 Å². The highest BCUT2D eigenvalue weighted by molar-refractivity contribution is 6.31. The molecule has 2 heterocycles. The van der Waals surface area contributed by atoms with E-state index in [4.69, 9.17) is 11.6 Å². The fraction of sp³-hybridized carbons (Fsp3) is 0.812. The summed E-state index contributed by atoms with van der Waals surface area (Å²) >= 11 is 6.44. The molecular weight excluding hydrogens is 284 g/mol. The predicted molar refractivity (Wildman–Crippen MR) is 88.7 cm³/mol. The fourth-order valence-corrected chi connectivity index (χ4v) is 3.29. The molecule has 0 aliphatic carbocycles. The van der Waals surface area contributed by atoms with E-state index >= 15 is 0 Å². The summed E-state index contributed by atoms with van der Waals surface area (Å²) in [5, 5.41) is 8.97. The first-order valence-electron chi connectivity index (χ1n) is 7.95. The zero-order valence-corrected chi connectivity index (χ0v) is 15.0. The Morgan fingerprint density at radius 3 is 2.62 bits per heavy atom. The van der Waals surface area contributed by atoms with Crippen molar-refractivity contribution in [1.82, 2.24) is 20.0 Å². The van der Waals surface area contributed by atoms with Gasteiger partial charge in [0.1, 0.15) is 0 Å². The third kappa shape index (κ3) is 3.27. The van der Waals surface area contributed by atoms with Gasteiger partial charge in [-0.15, -0.1) is 0 Å². The number of piperazine rings is 1. The quantitative estimate of drug-likeness (QED) is 0.928. The van der Waals surface area contributed by atoms with Crippen molar-refractivity contribution in [3.8, 4) is 0 Å². The average molecular weight is 313 g/mol. The van der Waals surface area contributed by atoms with Gasteiger partial charge in [0.2, 0.25) is 0 Å². The second-order valence-corrected chi connectivity index (χ2v) is 7.31. The lowest BCUT2D eigenvalue weighted by Gasteiger charge is -2.49. The molecule has 2 atom stereocenters.